The van der Waals surface area contributed by atoms with Gasteiger partial charge in [0.25, 0.3) is 0 Å². The lowest BCUT2D eigenvalue weighted by molar-refractivity contribution is 0.560. The normalized spacial score (nSPS) is 11.2. The van der Waals surface area contributed by atoms with E-state index in [1.165, 1.54) is 10.7 Å². The molecule has 2 rings (SSSR count). The van der Waals surface area contributed by atoms with Gasteiger partial charge in [0.05, 0.1) is 11.9 Å². The SMILES string of the molecule is CC(C)NCc1cnnn1-c1ccc(Br)cc1F. The van der Waals surface area contributed by atoms with Crippen LogP contribution < -0.4 is 5.32 Å². The van der Waals surface area contributed by atoms with E-state index in [9.17, 15) is 4.39 Å². The second-order valence-electron chi connectivity index (χ2n) is 4.27. The van der Waals surface area contributed by atoms with Crippen molar-refractivity contribution >= 4 is 15.9 Å². The van der Waals surface area contributed by atoms with Crippen LogP contribution in [-0.2, 0) is 6.54 Å². The molecule has 0 spiro atoms. The summed E-state index contributed by atoms with van der Waals surface area (Å²) in [7, 11) is 0. The Hall–Kier alpha value is -1.27. The molecule has 0 fully saturated rings. The molecule has 6 heteroatoms. The Morgan fingerprint density at radius 1 is 1.44 bits per heavy atom. The van der Waals surface area contributed by atoms with Gasteiger partial charge in [0.15, 0.2) is 0 Å². The molecule has 0 unspecified atom stereocenters. The highest BCUT2D eigenvalue weighted by atomic mass is 79.9. The van der Waals surface area contributed by atoms with E-state index in [1.807, 2.05) is 13.8 Å². The highest BCUT2D eigenvalue weighted by Gasteiger charge is 2.11. The molecule has 2 aromatic rings. The van der Waals surface area contributed by atoms with E-state index in [0.29, 0.717) is 22.7 Å². The summed E-state index contributed by atoms with van der Waals surface area (Å²) in [5.41, 5.74) is 1.22. The van der Waals surface area contributed by atoms with Gasteiger partial charge in [-0.3, -0.25) is 0 Å². The number of hydrogen-bond donors (Lipinski definition) is 1. The monoisotopic (exact) mass is 312 g/mol. The smallest absolute Gasteiger partial charge is 0.150 e. The molecule has 96 valence electrons. The van der Waals surface area contributed by atoms with Crippen LogP contribution in [0, 0.1) is 5.82 Å². The zero-order chi connectivity index (χ0) is 13.1. The molecular weight excluding hydrogens is 299 g/mol. The first-order valence-corrected chi connectivity index (χ1v) is 6.45. The molecule has 0 aliphatic heterocycles. The first kappa shape index (κ1) is 13.2. The maximum Gasteiger partial charge on any atom is 0.150 e. The third-order valence-electron chi connectivity index (χ3n) is 2.45. The molecule has 0 saturated carbocycles. The summed E-state index contributed by atoms with van der Waals surface area (Å²) < 4.78 is 16.1. The topological polar surface area (TPSA) is 42.7 Å². The van der Waals surface area contributed by atoms with Crippen molar-refractivity contribution in [2.75, 3.05) is 0 Å². The van der Waals surface area contributed by atoms with E-state index >= 15 is 0 Å². The third kappa shape index (κ3) is 2.94. The Balaban J connectivity index is 2.30. The van der Waals surface area contributed by atoms with E-state index in [-0.39, 0.29) is 5.82 Å². The van der Waals surface area contributed by atoms with Gasteiger partial charge in [0, 0.05) is 17.1 Å². The van der Waals surface area contributed by atoms with Crippen LogP contribution in [0.5, 0.6) is 0 Å². The highest BCUT2D eigenvalue weighted by molar-refractivity contribution is 9.10. The van der Waals surface area contributed by atoms with Gasteiger partial charge in [-0.2, -0.15) is 0 Å². The molecule has 0 amide bonds. The van der Waals surface area contributed by atoms with Crippen molar-refractivity contribution in [1.29, 1.82) is 0 Å². The Labute approximate surface area is 113 Å². The van der Waals surface area contributed by atoms with Gasteiger partial charge in [-0.15, -0.1) is 5.10 Å². The van der Waals surface area contributed by atoms with Crippen LogP contribution >= 0.6 is 15.9 Å². The Bertz CT molecular complexity index is 539. The Morgan fingerprint density at radius 2 is 2.22 bits per heavy atom. The maximum atomic E-state index is 13.9. The van der Waals surface area contributed by atoms with Gasteiger partial charge in [0.2, 0.25) is 0 Å². The quantitative estimate of drug-likeness (QED) is 0.944. The maximum absolute atomic E-state index is 13.9. The van der Waals surface area contributed by atoms with Crippen LogP contribution in [0.15, 0.2) is 28.9 Å². The number of halogens is 2. The second kappa shape index (κ2) is 5.58. The first-order chi connectivity index (χ1) is 8.58. The van der Waals surface area contributed by atoms with Crippen LogP contribution in [0.1, 0.15) is 19.5 Å². The van der Waals surface area contributed by atoms with Crippen molar-refractivity contribution < 1.29 is 4.39 Å². The molecule has 0 aliphatic rings. The fraction of sp³-hybridized carbons (Fsp3) is 0.333. The number of nitrogens with zero attached hydrogens (tertiary/aromatic N) is 3. The number of benzene rings is 1. The van der Waals surface area contributed by atoms with Crippen molar-refractivity contribution in [1.82, 2.24) is 20.3 Å². The minimum Gasteiger partial charge on any atom is -0.309 e. The summed E-state index contributed by atoms with van der Waals surface area (Å²) in [6.07, 6.45) is 1.64. The third-order valence-corrected chi connectivity index (χ3v) is 2.94. The van der Waals surface area contributed by atoms with Crippen molar-refractivity contribution in [3.63, 3.8) is 0 Å². The number of aromatic nitrogens is 3. The average Bonchev–Trinajstić information content (AvgIpc) is 2.74. The molecule has 18 heavy (non-hydrogen) atoms. The Kier molecular flexibility index (Phi) is 4.08. The summed E-state index contributed by atoms with van der Waals surface area (Å²) in [4.78, 5) is 0. The number of nitrogens with one attached hydrogen (secondary N) is 1. The van der Waals surface area contributed by atoms with Gasteiger partial charge in [-0.1, -0.05) is 35.0 Å². The molecule has 1 N–H and O–H groups in total. The van der Waals surface area contributed by atoms with Crippen molar-refractivity contribution in [2.45, 2.75) is 26.4 Å². The summed E-state index contributed by atoms with van der Waals surface area (Å²) in [5.74, 6) is -0.333. The van der Waals surface area contributed by atoms with E-state index in [2.05, 4.69) is 31.6 Å². The molecule has 1 aromatic heterocycles. The lowest BCUT2D eigenvalue weighted by Gasteiger charge is -2.10. The fourth-order valence-electron chi connectivity index (χ4n) is 1.54. The Morgan fingerprint density at radius 3 is 2.89 bits per heavy atom. The average molecular weight is 313 g/mol. The zero-order valence-corrected chi connectivity index (χ0v) is 11.8. The lowest BCUT2D eigenvalue weighted by Crippen LogP contribution is -2.23. The highest BCUT2D eigenvalue weighted by Crippen LogP contribution is 2.19. The van der Waals surface area contributed by atoms with E-state index in [4.69, 9.17) is 0 Å². The molecule has 0 aliphatic carbocycles. The lowest BCUT2D eigenvalue weighted by atomic mass is 10.3. The largest absolute Gasteiger partial charge is 0.309 e. The van der Waals surface area contributed by atoms with E-state index in [1.54, 1.807) is 18.3 Å². The standard InChI is InChI=1S/C12H14BrFN4/c1-8(2)15-6-10-7-16-17-18(10)12-4-3-9(13)5-11(12)14/h3-5,7-8,15H,6H2,1-2H3. The summed E-state index contributed by atoms with van der Waals surface area (Å²) in [6, 6.07) is 5.21. The fourth-order valence-corrected chi connectivity index (χ4v) is 1.87. The van der Waals surface area contributed by atoms with Crippen LogP contribution in [0.4, 0.5) is 4.39 Å². The molecule has 0 saturated heterocycles. The second-order valence-corrected chi connectivity index (χ2v) is 5.18. The van der Waals surface area contributed by atoms with Crippen LogP contribution in [0.2, 0.25) is 0 Å². The minimum atomic E-state index is -0.333. The van der Waals surface area contributed by atoms with Gasteiger partial charge in [0.1, 0.15) is 11.5 Å². The van der Waals surface area contributed by atoms with Crippen LogP contribution in [0.3, 0.4) is 0 Å². The molecule has 4 nitrogen and oxygen atoms in total. The van der Waals surface area contributed by atoms with Crippen molar-refractivity contribution in [2.24, 2.45) is 0 Å². The van der Waals surface area contributed by atoms with Crippen LogP contribution in [-0.4, -0.2) is 21.0 Å². The minimum absolute atomic E-state index is 0.333. The summed E-state index contributed by atoms with van der Waals surface area (Å²) in [5, 5.41) is 11.0. The number of hydrogen-bond acceptors (Lipinski definition) is 3. The molecule has 1 aromatic carbocycles. The van der Waals surface area contributed by atoms with E-state index < -0.39 is 0 Å². The zero-order valence-electron chi connectivity index (χ0n) is 10.2. The van der Waals surface area contributed by atoms with Gasteiger partial charge < -0.3 is 5.32 Å². The van der Waals surface area contributed by atoms with Crippen molar-refractivity contribution in [3.8, 4) is 5.69 Å². The van der Waals surface area contributed by atoms with Gasteiger partial charge in [-0.25, -0.2) is 9.07 Å². The van der Waals surface area contributed by atoms with Gasteiger partial charge >= 0.3 is 0 Å². The molecule has 0 bridgehead atoms. The summed E-state index contributed by atoms with van der Waals surface area (Å²) in [6.45, 7) is 4.70. The molecule has 0 atom stereocenters. The van der Waals surface area contributed by atoms with Gasteiger partial charge in [-0.05, 0) is 18.2 Å². The predicted octanol–water partition coefficient (Wildman–Crippen LogP) is 2.67. The van der Waals surface area contributed by atoms with E-state index in [0.717, 1.165) is 5.69 Å². The molecule has 1 heterocycles. The predicted molar refractivity (Wildman–Crippen MR) is 71.0 cm³/mol. The first-order valence-electron chi connectivity index (χ1n) is 5.66. The summed E-state index contributed by atoms with van der Waals surface area (Å²) >= 11 is 3.23. The number of rotatable bonds is 4. The van der Waals surface area contributed by atoms with Crippen LogP contribution in [0.25, 0.3) is 5.69 Å². The molecular formula is C12H14BrFN4. The van der Waals surface area contributed by atoms with Crippen molar-refractivity contribution in [3.05, 3.63) is 40.4 Å². The molecule has 0 radical (unpaired) electrons.